The standard InChI is InChI=1S/C19H23NO3/c1-5-18(23-16-8-6-7-15(12-16)22-4)19(21)20-17-11-13(2)9-10-14(17)3/h6-12,18H,5H2,1-4H3,(H,20,21)/t18-/m0/s1. The minimum absolute atomic E-state index is 0.149. The van der Waals surface area contributed by atoms with Gasteiger partial charge in [0, 0.05) is 11.8 Å². The molecule has 23 heavy (non-hydrogen) atoms. The van der Waals surface area contributed by atoms with E-state index in [-0.39, 0.29) is 5.91 Å². The van der Waals surface area contributed by atoms with Crippen LogP contribution in [0.15, 0.2) is 42.5 Å². The van der Waals surface area contributed by atoms with Crippen LogP contribution in [0.3, 0.4) is 0 Å². The van der Waals surface area contributed by atoms with Crippen LogP contribution in [0.1, 0.15) is 24.5 Å². The number of amides is 1. The molecule has 0 fully saturated rings. The van der Waals surface area contributed by atoms with Gasteiger partial charge in [0.2, 0.25) is 0 Å². The lowest BCUT2D eigenvalue weighted by molar-refractivity contribution is -0.122. The van der Waals surface area contributed by atoms with E-state index in [9.17, 15) is 4.79 Å². The first-order chi connectivity index (χ1) is 11.0. The van der Waals surface area contributed by atoms with Gasteiger partial charge in [0.1, 0.15) is 11.5 Å². The van der Waals surface area contributed by atoms with Gasteiger partial charge in [-0.25, -0.2) is 0 Å². The molecular formula is C19H23NO3. The fourth-order valence-corrected chi connectivity index (χ4v) is 2.24. The summed E-state index contributed by atoms with van der Waals surface area (Å²) in [6.45, 7) is 5.89. The summed E-state index contributed by atoms with van der Waals surface area (Å²) in [5.74, 6) is 1.17. The van der Waals surface area contributed by atoms with Crippen molar-refractivity contribution in [3.63, 3.8) is 0 Å². The number of methoxy groups -OCH3 is 1. The van der Waals surface area contributed by atoms with Crippen molar-refractivity contribution in [1.29, 1.82) is 0 Å². The molecule has 4 heteroatoms. The summed E-state index contributed by atoms with van der Waals surface area (Å²) in [6.07, 6.45) is 0.0236. The van der Waals surface area contributed by atoms with Crippen molar-refractivity contribution < 1.29 is 14.3 Å². The highest BCUT2D eigenvalue weighted by atomic mass is 16.5. The van der Waals surface area contributed by atoms with Crippen LogP contribution in [-0.2, 0) is 4.79 Å². The van der Waals surface area contributed by atoms with Crippen molar-refractivity contribution in [3.05, 3.63) is 53.6 Å². The Morgan fingerprint density at radius 1 is 1.13 bits per heavy atom. The third-order valence-electron chi connectivity index (χ3n) is 3.63. The highest BCUT2D eigenvalue weighted by molar-refractivity contribution is 5.95. The van der Waals surface area contributed by atoms with E-state index in [1.54, 1.807) is 13.2 Å². The lowest BCUT2D eigenvalue weighted by atomic mass is 10.1. The van der Waals surface area contributed by atoms with Gasteiger partial charge in [-0.2, -0.15) is 0 Å². The highest BCUT2D eigenvalue weighted by Gasteiger charge is 2.19. The highest BCUT2D eigenvalue weighted by Crippen LogP contribution is 2.22. The number of ether oxygens (including phenoxy) is 2. The summed E-state index contributed by atoms with van der Waals surface area (Å²) in [7, 11) is 1.60. The zero-order valence-electron chi connectivity index (χ0n) is 14.1. The molecule has 122 valence electrons. The van der Waals surface area contributed by atoms with Gasteiger partial charge >= 0.3 is 0 Å². The zero-order chi connectivity index (χ0) is 16.8. The summed E-state index contributed by atoms with van der Waals surface area (Å²) in [6, 6.07) is 13.2. The van der Waals surface area contributed by atoms with Gasteiger partial charge in [0.15, 0.2) is 6.10 Å². The molecular weight excluding hydrogens is 290 g/mol. The van der Waals surface area contributed by atoms with Crippen LogP contribution in [0.5, 0.6) is 11.5 Å². The van der Waals surface area contributed by atoms with E-state index in [2.05, 4.69) is 5.32 Å². The molecule has 1 atom stereocenters. The summed E-state index contributed by atoms with van der Waals surface area (Å²) in [5.41, 5.74) is 2.95. The molecule has 0 aliphatic carbocycles. The van der Waals surface area contributed by atoms with E-state index < -0.39 is 6.10 Å². The second-order valence-corrected chi connectivity index (χ2v) is 5.50. The van der Waals surface area contributed by atoms with Gasteiger partial charge < -0.3 is 14.8 Å². The van der Waals surface area contributed by atoms with Crippen LogP contribution >= 0.6 is 0 Å². The number of benzene rings is 2. The van der Waals surface area contributed by atoms with Crippen molar-refractivity contribution >= 4 is 11.6 Å². The second kappa shape index (κ2) is 7.68. The maximum atomic E-state index is 12.5. The predicted molar refractivity (Wildman–Crippen MR) is 92.2 cm³/mol. The van der Waals surface area contributed by atoms with Crippen molar-refractivity contribution in [2.75, 3.05) is 12.4 Å². The molecule has 0 aliphatic rings. The lowest BCUT2D eigenvalue weighted by Crippen LogP contribution is -2.32. The molecule has 4 nitrogen and oxygen atoms in total. The molecule has 1 amide bonds. The van der Waals surface area contributed by atoms with Crippen LogP contribution < -0.4 is 14.8 Å². The Hall–Kier alpha value is -2.49. The van der Waals surface area contributed by atoms with Gasteiger partial charge in [-0.1, -0.05) is 25.1 Å². The number of anilines is 1. The van der Waals surface area contributed by atoms with E-state index in [1.807, 2.05) is 57.2 Å². The molecule has 0 aliphatic heterocycles. The van der Waals surface area contributed by atoms with E-state index in [1.165, 1.54) is 0 Å². The first-order valence-electron chi connectivity index (χ1n) is 7.72. The number of rotatable bonds is 6. The largest absolute Gasteiger partial charge is 0.497 e. The number of nitrogens with one attached hydrogen (secondary N) is 1. The maximum Gasteiger partial charge on any atom is 0.265 e. The third kappa shape index (κ3) is 4.49. The molecule has 0 spiro atoms. The van der Waals surface area contributed by atoms with Gasteiger partial charge in [-0.15, -0.1) is 0 Å². The number of hydrogen-bond acceptors (Lipinski definition) is 3. The fourth-order valence-electron chi connectivity index (χ4n) is 2.24. The van der Waals surface area contributed by atoms with Gasteiger partial charge in [-0.05, 0) is 49.6 Å². The van der Waals surface area contributed by atoms with Crippen molar-refractivity contribution in [2.45, 2.75) is 33.3 Å². The number of carbonyl (C=O) groups is 1. The molecule has 0 saturated heterocycles. The predicted octanol–water partition coefficient (Wildman–Crippen LogP) is 4.11. The van der Waals surface area contributed by atoms with Gasteiger partial charge in [0.25, 0.3) is 5.91 Å². The zero-order valence-corrected chi connectivity index (χ0v) is 14.1. The lowest BCUT2D eigenvalue weighted by Gasteiger charge is -2.18. The Labute approximate surface area is 137 Å². The maximum absolute atomic E-state index is 12.5. The molecule has 2 aromatic rings. The summed E-state index contributed by atoms with van der Waals surface area (Å²) in [5, 5.41) is 2.96. The summed E-state index contributed by atoms with van der Waals surface area (Å²) < 4.78 is 11.0. The second-order valence-electron chi connectivity index (χ2n) is 5.50. The Balaban J connectivity index is 2.10. The van der Waals surface area contributed by atoms with Crippen molar-refractivity contribution in [2.24, 2.45) is 0 Å². The minimum Gasteiger partial charge on any atom is -0.497 e. The topological polar surface area (TPSA) is 47.6 Å². The van der Waals surface area contributed by atoms with Gasteiger partial charge in [0.05, 0.1) is 7.11 Å². The molecule has 0 bridgehead atoms. The van der Waals surface area contributed by atoms with E-state index >= 15 is 0 Å². The first-order valence-corrected chi connectivity index (χ1v) is 7.72. The molecule has 1 N–H and O–H groups in total. The number of aryl methyl sites for hydroxylation is 2. The normalized spacial score (nSPS) is 11.7. The van der Waals surface area contributed by atoms with Crippen LogP contribution in [-0.4, -0.2) is 19.1 Å². The third-order valence-corrected chi connectivity index (χ3v) is 3.63. The molecule has 0 unspecified atom stereocenters. The molecule has 0 aromatic heterocycles. The summed E-state index contributed by atoms with van der Waals surface area (Å²) >= 11 is 0. The minimum atomic E-state index is -0.554. The van der Waals surface area contributed by atoms with E-state index in [0.29, 0.717) is 17.9 Å². The Morgan fingerprint density at radius 2 is 1.87 bits per heavy atom. The molecule has 0 radical (unpaired) electrons. The Morgan fingerprint density at radius 3 is 2.57 bits per heavy atom. The van der Waals surface area contributed by atoms with Crippen LogP contribution in [0.25, 0.3) is 0 Å². The number of hydrogen-bond donors (Lipinski definition) is 1. The van der Waals surface area contributed by atoms with Crippen LogP contribution in [0, 0.1) is 13.8 Å². The monoisotopic (exact) mass is 313 g/mol. The Kier molecular flexibility index (Phi) is 5.63. The Bertz CT molecular complexity index is 682. The van der Waals surface area contributed by atoms with Crippen LogP contribution in [0.4, 0.5) is 5.69 Å². The first kappa shape index (κ1) is 16.9. The van der Waals surface area contributed by atoms with Gasteiger partial charge in [-0.3, -0.25) is 4.79 Å². The molecule has 2 aromatic carbocycles. The van der Waals surface area contributed by atoms with Crippen LogP contribution in [0.2, 0.25) is 0 Å². The quantitative estimate of drug-likeness (QED) is 0.873. The van der Waals surface area contributed by atoms with Crippen molar-refractivity contribution in [1.82, 2.24) is 0 Å². The average Bonchev–Trinajstić information content (AvgIpc) is 2.56. The average molecular weight is 313 g/mol. The van der Waals surface area contributed by atoms with E-state index in [0.717, 1.165) is 16.8 Å². The molecule has 0 saturated carbocycles. The van der Waals surface area contributed by atoms with Crippen molar-refractivity contribution in [3.8, 4) is 11.5 Å². The molecule has 2 rings (SSSR count). The fraction of sp³-hybridized carbons (Fsp3) is 0.316. The SMILES string of the molecule is CC[C@H](Oc1cccc(OC)c1)C(=O)Nc1cc(C)ccc1C. The van der Waals surface area contributed by atoms with E-state index in [4.69, 9.17) is 9.47 Å². The summed E-state index contributed by atoms with van der Waals surface area (Å²) in [4.78, 5) is 12.5. The number of carbonyl (C=O) groups excluding carboxylic acids is 1. The smallest absolute Gasteiger partial charge is 0.265 e. The molecule has 0 heterocycles.